The molecule has 1 atom stereocenters. The van der Waals surface area contributed by atoms with E-state index < -0.39 is 45.0 Å². The fourth-order valence-electron chi connectivity index (χ4n) is 3.44. The minimum absolute atomic E-state index is 0.0152. The number of alkyl halides is 6. The maximum Gasteiger partial charge on any atom is 0.392 e. The Hall–Kier alpha value is -2.31. The molecule has 0 aliphatic carbocycles. The molecule has 38 heavy (non-hydrogen) atoms. The minimum Gasteiger partial charge on any atom is -0.492 e. The third kappa shape index (κ3) is 9.46. The second-order valence-electron chi connectivity index (χ2n) is 8.53. The largest absolute Gasteiger partial charge is 0.492 e. The molecule has 0 bridgehead atoms. The van der Waals surface area contributed by atoms with Crippen molar-refractivity contribution in [3.8, 4) is 5.75 Å². The van der Waals surface area contributed by atoms with E-state index in [2.05, 4.69) is 21.9 Å². The van der Waals surface area contributed by atoms with E-state index in [0.717, 1.165) is 17.7 Å². The van der Waals surface area contributed by atoms with Gasteiger partial charge < -0.3 is 19.8 Å². The van der Waals surface area contributed by atoms with Gasteiger partial charge in [-0.15, -0.1) is 0 Å². The average Bonchev–Trinajstić information content (AvgIpc) is 3.19. The van der Waals surface area contributed by atoms with Crippen molar-refractivity contribution in [2.45, 2.75) is 61.6 Å². The lowest BCUT2D eigenvalue weighted by Crippen LogP contribution is -2.24. The number of rotatable bonds is 13. The average molecular weight is 584 g/mol. The Labute approximate surface area is 221 Å². The van der Waals surface area contributed by atoms with Crippen molar-refractivity contribution in [2.24, 2.45) is 0 Å². The summed E-state index contributed by atoms with van der Waals surface area (Å²) in [6.07, 6.45) is -10.4. The SMILES string of the molecule is CCCCOc1ccccc1Sc1nc(N)nc2c1ncn2CC(C)OCP(CC(F)(F)F)CC(F)(F)F. The first-order valence-electron chi connectivity index (χ1n) is 11.7. The second-order valence-corrected chi connectivity index (χ2v) is 11.8. The van der Waals surface area contributed by atoms with Crippen LogP contribution in [0.25, 0.3) is 11.2 Å². The number of ether oxygens (including phenoxy) is 2. The van der Waals surface area contributed by atoms with E-state index in [1.54, 1.807) is 11.5 Å². The van der Waals surface area contributed by atoms with E-state index in [0.29, 0.717) is 28.5 Å². The fraction of sp³-hybridized carbons (Fsp3) is 0.522. The molecule has 0 fully saturated rings. The van der Waals surface area contributed by atoms with Gasteiger partial charge in [-0.05, 0) is 25.5 Å². The Morgan fingerprint density at radius 2 is 1.76 bits per heavy atom. The molecule has 0 aliphatic heterocycles. The predicted octanol–water partition coefficient (Wildman–Crippen LogP) is 6.71. The molecule has 0 radical (unpaired) electrons. The van der Waals surface area contributed by atoms with Gasteiger partial charge >= 0.3 is 12.4 Å². The van der Waals surface area contributed by atoms with Crippen molar-refractivity contribution >= 4 is 36.8 Å². The Morgan fingerprint density at radius 1 is 1.08 bits per heavy atom. The maximum atomic E-state index is 12.8. The summed E-state index contributed by atoms with van der Waals surface area (Å²) in [5, 5.41) is 0.477. The van der Waals surface area contributed by atoms with Gasteiger partial charge in [0, 0.05) is 0 Å². The van der Waals surface area contributed by atoms with Crippen LogP contribution in [-0.2, 0) is 11.3 Å². The molecule has 210 valence electrons. The number of anilines is 1. The maximum absolute atomic E-state index is 12.8. The smallest absolute Gasteiger partial charge is 0.392 e. The van der Waals surface area contributed by atoms with Crippen LogP contribution in [0.4, 0.5) is 32.3 Å². The summed E-state index contributed by atoms with van der Waals surface area (Å²) in [5.41, 5.74) is 6.75. The fourth-order valence-corrected chi connectivity index (χ4v) is 6.18. The zero-order chi connectivity index (χ0) is 27.9. The first-order chi connectivity index (χ1) is 17.8. The topological polar surface area (TPSA) is 88.1 Å². The van der Waals surface area contributed by atoms with Crippen LogP contribution in [0.3, 0.4) is 0 Å². The van der Waals surface area contributed by atoms with Crippen LogP contribution in [0.2, 0.25) is 0 Å². The van der Waals surface area contributed by atoms with Gasteiger partial charge in [-0.1, -0.05) is 45.2 Å². The molecular weight excluding hydrogens is 555 g/mol. The zero-order valence-corrected chi connectivity index (χ0v) is 22.4. The van der Waals surface area contributed by atoms with Gasteiger partial charge in [0.1, 0.15) is 16.3 Å². The van der Waals surface area contributed by atoms with Crippen molar-refractivity contribution in [3.63, 3.8) is 0 Å². The standard InChI is InChI=1S/C23H28F6N5O2PS/c1-3-4-9-35-16-7-5-6-8-17(16)38-20-18-19(32-21(30)33-20)34(13-31-18)10-15(2)36-14-37(11-22(24,25)26)12-23(27,28)29/h5-8,13,15H,3-4,9-12,14H2,1-2H3,(H2,30,32,33). The molecule has 1 aromatic carbocycles. The summed E-state index contributed by atoms with van der Waals surface area (Å²) in [4.78, 5) is 13.7. The van der Waals surface area contributed by atoms with Gasteiger partial charge in [0.15, 0.2) is 5.65 Å². The molecule has 0 aliphatic rings. The van der Waals surface area contributed by atoms with Crippen molar-refractivity contribution < 1.29 is 35.8 Å². The molecule has 2 N–H and O–H groups in total. The van der Waals surface area contributed by atoms with Crippen LogP contribution >= 0.6 is 19.7 Å². The number of para-hydroxylation sites is 1. The number of imidazole rings is 1. The number of nitrogens with zero attached hydrogens (tertiary/aromatic N) is 4. The van der Waals surface area contributed by atoms with E-state index in [-0.39, 0.29) is 12.5 Å². The lowest BCUT2D eigenvalue weighted by molar-refractivity contribution is -0.112. The number of hydrogen-bond donors (Lipinski definition) is 1. The van der Waals surface area contributed by atoms with Crippen LogP contribution in [0.1, 0.15) is 26.7 Å². The normalized spacial score (nSPS) is 13.4. The molecule has 0 amide bonds. The molecule has 15 heteroatoms. The first-order valence-corrected chi connectivity index (χ1v) is 14.4. The highest BCUT2D eigenvalue weighted by Crippen LogP contribution is 2.46. The highest BCUT2D eigenvalue weighted by atomic mass is 32.2. The van der Waals surface area contributed by atoms with Gasteiger partial charge in [-0.3, -0.25) is 0 Å². The van der Waals surface area contributed by atoms with E-state index in [9.17, 15) is 26.3 Å². The summed E-state index contributed by atoms with van der Waals surface area (Å²) in [5.74, 6) is 0.672. The monoisotopic (exact) mass is 583 g/mol. The van der Waals surface area contributed by atoms with E-state index >= 15 is 0 Å². The lowest BCUT2D eigenvalue weighted by atomic mass is 10.3. The van der Waals surface area contributed by atoms with E-state index in [1.165, 1.54) is 18.1 Å². The summed E-state index contributed by atoms with van der Waals surface area (Å²) >= 11 is 1.30. The molecular formula is C23H28F6N5O2PS. The third-order valence-electron chi connectivity index (χ3n) is 5.06. The van der Waals surface area contributed by atoms with Gasteiger partial charge in [-0.2, -0.15) is 31.3 Å². The molecule has 0 spiro atoms. The molecule has 7 nitrogen and oxygen atoms in total. The van der Waals surface area contributed by atoms with Gasteiger partial charge in [-0.25, -0.2) is 9.97 Å². The van der Waals surface area contributed by atoms with Crippen molar-refractivity contribution in [1.29, 1.82) is 0 Å². The number of hydrogen-bond acceptors (Lipinski definition) is 7. The first kappa shape index (κ1) is 30.2. The molecule has 2 heterocycles. The van der Waals surface area contributed by atoms with Crippen LogP contribution in [0.5, 0.6) is 5.75 Å². The van der Waals surface area contributed by atoms with Crippen molar-refractivity contribution in [2.75, 3.05) is 31.0 Å². The zero-order valence-electron chi connectivity index (χ0n) is 20.7. The van der Waals surface area contributed by atoms with E-state index in [1.807, 2.05) is 24.3 Å². The van der Waals surface area contributed by atoms with Crippen molar-refractivity contribution in [1.82, 2.24) is 19.5 Å². The number of nitrogen functional groups attached to an aromatic ring is 1. The van der Waals surface area contributed by atoms with Crippen molar-refractivity contribution in [3.05, 3.63) is 30.6 Å². The quantitative estimate of drug-likeness (QED) is 0.104. The minimum atomic E-state index is -4.70. The summed E-state index contributed by atoms with van der Waals surface area (Å²) in [6, 6.07) is 7.45. The Kier molecular flexibility index (Phi) is 10.5. The van der Waals surface area contributed by atoms with Crippen LogP contribution in [-0.4, -0.2) is 63.3 Å². The van der Waals surface area contributed by atoms with Gasteiger partial charge in [0.05, 0.1) is 49.2 Å². The van der Waals surface area contributed by atoms with Crippen LogP contribution < -0.4 is 10.5 Å². The number of halogens is 6. The number of benzene rings is 1. The molecule has 0 saturated carbocycles. The number of fused-ring (bicyclic) bond motifs is 1. The van der Waals surface area contributed by atoms with Gasteiger partial charge in [0.25, 0.3) is 0 Å². The highest BCUT2D eigenvalue weighted by Gasteiger charge is 2.38. The number of nitrogens with two attached hydrogens (primary N) is 1. The predicted molar refractivity (Wildman–Crippen MR) is 135 cm³/mol. The Balaban J connectivity index is 1.74. The molecule has 2 aromatic heterocycles. The molecule has 1 unspecified atom stereocenters. The number of unbranched alkanes of at least 4 members (excludes halogenated alkanes) is 1. The lowest BCUT2D eigenvalue weighted by Gasteiger charge is -2.23. The highest BCUT2D eigenvalue weighted by molar-refractivity contribution is 7.99. The molecule has 3 aromatic rings. The Bertz CT molecular complexity index is 1180. The molecule has 3 rings (SSSR count). The third-order valence-corrected chi connectivity index (χ3v) is 8.22. The van der Waals surface area contributed by atoms with Crippen LogP contribution in [0, 0.1) is 0 Å². The van der Waals surface area contributed by atoms with Crippen LogP contribution in [0.15, 0.2) is 40.5 Å². The summed E-state index contributed by atoms with van der Waals surface area (Å²) in [6.45, 7) is 4.28. The van der Waals surface area contributed by atoms with Gasteiger partial charge in [0.2, 0.25) is 5.95 Å². The summed E-state index contributed by atoms with van der Waals surface area (Å²) in [7, 11) is -2.47. The summed E-state index contributed by atoms with van der Waals surface area (Å²) < 4.78 is 89.5. The molecule has 0 saturated heterocycles. The second kappa shape index (κ2) is 13.2. The Morgan fingerprint density at radius 3 is 2.42 bits per heavy atom. The number of aromatic nitrogens is 4. The van der Waals surface area contributed by atoms with E-state index in [4.69, 9.17) is 15.2 Å².